The van der Waals surface area contributed by atoms with Crippen LogP contribution in [-0.2, 0) is 6.18 Å². The molecule has 0 N–H and O–H groups in total. The number of rotatable bonds is 0. The van der Waals surface area contributed by atoms with Gasteiger partial charge in [-0.05, 0) is 28.1 Å². The molecule has 0 heterocycles. The molecule has 0 nitrogen and oxygen atoms in total. The number of hydrogen-bond acceptors (Lipinski definition) is 1. The Labute approximate surface area is 95.2 Å². The Morgan fingerprint density at radius 1 is 1.08 bits per heavy atom. The molecule has 0 aromatic heterocycles. The molecule has 0 aliphatic carbocycles. The van der Waals surface area contributed by atoms with Crippen LogP contribution in [0.4, 0.5) is 13.2 Å². The van der Waals surface area contributed by atoms with E-state index in [0.717, 1.165) is 0 Å². The van der Waals surface area contributed by atoms with Gasteiger partial charge in [0.1, 0.15) is 0 Å². The number of alkyl halides is 3. The van der Waals surface area contributed by atoms with Gasteiger partial charge in [0.25, 0.3) is 0 Å². The smallest absolute Gasteiger partial charge is 0.166 e. The van der Waals surface area contributed by atoms with Gasteiger partial charge >= 0.3 is 6.18 Å². The lowest BCUT2D eigenvalue weighted by Gasteiger charge is -2.12. The maximum Gasteiger partial charge on any atom is 0.418 e. The minimum absolute atomic E-state index is 0.00630. The van der Waals surface area contributed by atoms with E-state index < -0.39 is 11.7 Å². The highest BCUT2D eigenvalue weighted by Gasteiger charge is 2.35. The zero-order valence-corrected chi connectivity index (χ0v) is 10.1. The molecule has 0 amide bonds. The van der Waals surface area contributed by atoms with E-state index in [1.807, 2.05) is 0 Å². The summed E-state index contributed by atoms with van der Waals surface area (Å²) in [5, 5.41) is 0. The van der Waals surface area contributed by atoms with Crippen LogP contribution in [0.5, 0.6) is 0 Å². The molecular formula is C7H3Br2F3S. The molecule has 0 radical (unpaired) electrons. The lowest BCUT2D eigenvalue weighted by molar-refractivity contribution is -0.140. The van der Waals surface area contributed by atoms with Crippen molar-refractivity contribution in [1.29, 1.82) is 0 Å². The summed E-state index contributed by atoms with van der Waals surface area (Å²) in [4.78, 5) is -0.109. The number of hydrogen-bond donors (Lipinski definition) is 1. The van der Waals surface area contributed by atoms with Gasteiger partial charge in [-0.2, -0.15) is 13.2 Å². The maximum absolute atomic E-state index is 12.4. The van der Waals surface area contributed by atoms with Gasteiger partial charge in [-0.15, -0.1) is 12.6 Å². The molecule has 0 saturated carbocycles. The van der Waals surface area contributed by atoms with E-state index in [-0.39, 0.29) is 9.37 Å². The van der Waals surface area contributed by atoms with Crippen LogP contribution in [0.15, 0.2) is 26.0 Å². The lowest BCUT2D eigenvalue weighted by Crippen LogP contribution is -2.07. The summed E-state index contributed by atoms with van der Waals surface area (Å²) < 4.78 is 37.5. The molecule has 0 aliphatic rings. The second kappa shape index (κ2) is 3.82. The zero-order chi connectivity index (χ0) is 10.2. The fourth-order valence-corrected chi connectivity index (χ4v) is 2.17. The molecule has 0 bridgehead atoms. The summed E-state index contributed by atoms with van der Waals surface area (Å²) >= 11 is 9.58. The zero-order valence-electron chi connectivity index (χ0n) is 5.99. The highest BCUT2D eigenvalue weighted by atomic mass is 79.9. The fourth-order valence-electron chi connectivity index (χ4n) is 0.811. The summed E-state index contributed by atoms with van der Waals surface area (Å²) in [6, 6.07) is 2.83. The van der Waals surface area contributed by atoms with Crippen LogP contribution in [0.2, 0.25) is 0 Å². The molecule has 0 unspecified atom stereocenters. The topological polar surface area (TPSA) is 0 Å². The van der Waals surface area contributed by atoms with Crippen molar-refractivity contribution in [2.75, 3.05) is 0 Å². The van der Waals surface area contributed by atoms with Crippen molar-refractivity contribution in [3.63, 3.8) is 0 Å². The summed E-state index contributed by atoms with van der Waals surface area (Å²) in [5.41, 5.74) is -0.759. The predicted molar refractivity (Wildman–Crippen MR) is 54.1 cm³/mol. The van der Waals surface area contributed by atoms with Crippen LogP contribution < -0.4 is 0 Å². The summed E-state index contributed by atoms with van der Waals surface area (Å²) in [7, 11) is 0. The Bertz CT molecular complexity index is 335. The van der Waals surface area contributed by atoms with E-state index >= 15 is 0 Å². The highest BCUT2D eigenvalue weighted by Crippen LogP contribution is 2.41. The molecule has 1 aromatic rings. The van der Waals surface area contributed by atoms with Gasteiger partial charge in [0.15, 0.2) is 0 Å². The van der Waals surface area contributed by atoms with Gasteiger partial charge in [0.2, 0.25) is 0 Å². The third-order valence-corrected chi connectivity index (χ3v) is 3.45. The Morgan fingerprint density at radius 2 is 1.54 bits per heavy atom. The van der Waals surface area contributed by atoms with Crippen LogP contribution in [0.25, 0.3) is 0 Å². The Morgan fingerprint density at radius 3 is 1.92 bits per heavy atom. The third-order valence-electron chi connectivity index (χ3n) is 1.36. The van der Waals surface area contributed by atoms with Crippen LogP contribution in [0.1, 0.15) is 5.56 Å². The van der Waals surface area contributed by atoms with E-state index in [2.05, 4.69) is 44.5 Å². The molecule has 0 aliphatic heterocycles. The Balaban J connectivity index is 3.43. The number of halogens is 5. The van der Waals surface area contributed by atoms with Gasteiger partial charge in [0.05, 0.1) is 5.56 Å². The maximum atomic E-state index is 12.4. The summed E-state index contributed by atoms with van der Waals surface area (Å²) in [6.45, 7) is 0. The first-order valence-corrected chi connectivity index (χ1v) is 5.11. The van der Waals surface area contributed by atoms with Gasteiger partial charge in [-0.3, -0.25) is 0 Å². The predicted octanol–water partition coefficient (Wildman–Crippen LogP) is 4.52. The van der Waals surface area contributed by atoms with Gasteiger partial charge in [-0.1, -0.05) is 15.9 Å². The molecule has 0 fully saturated rings. The monoisotopic (exact) mass is 334 g/mol. The van der Waals surface area contributed by atoms with Crippen molar-refractivity contribution in [3.8, 4) is 0 Å². The Kier molecular flexibility index (Phi) is 3.35. The summed E-state index contributed by atoms with van der Waals surface area (Å²) in [6.07, 6.45) is -4.39. The van der Waals surface area contributed by atoms with E-state index in [9.17, 15) is 13.2 Å². The van der Waals surface area contributed by atoms with Crippen molar-refractivity contribution >= 4 is 44.5 Å². The molecule has 13 heavy (non-hydrogen) atoms. The second-order valence-corrected chi connectivity index (χ2v) is 4.41. The van der Waals surface area contributed by atoms with Crippen LogP contribution in [0.3, 0.4) is 0 Å². The number of benzene rings is 1. The van der Waals surface area contributed by atoms with Crippen molar-refractivity contribution in [1.82, 2.24) is 0 Å². The first-order valence-electron chi connectivity index (χ1n) is 3.08. The highest BCUT2D eigenvalue weighted by molar-refractivity contribution is 9.11. The van der Waals surface area contributed by atoms with E-state index in [1.54, 1.807) is 0 Å². The first kappa shape index (κ1) is 11.4. The largest absolute Gasteiger partial charge is 0.418 e. The molecule has 1 rings (SSSR count). The normalized spacial score (nSPS) is 11.8. The first-order chi connectivity index (χ1) is 5.84. The molecule has 0 atom stereocenters. The molecule has 0 saturated heterocycles. The van der Waals surface area contributed by atoms with Crippen molar-refractivity contribution < 1.29 is 13.2 Å². The standard InChI is InChI=1S/C7H3Br2F3S/c8-3-1-2-4(9)6(13)5(3)7(10,11)12/h1-2,13H. The second-order valence-electron chi connectivity index (χ2n) is 2.25. The van der Waals surface area contributed by atoms with E-state index in [0.29, 0.717) is 4.47 Å². The van der Waals surface area contributed by atoms with Gasteiger partial charge < -0.3 is 0 Å². The molecule has 6 heteroatoms. The minimum Gasteiger partial charge on any atom is -0.166 e. The van der Waals surface area contributed by atoms with Crippen molar-refractivity contribution in [2.24, 2.45) is 0 Å². The molecular weight excluding hydrogens is 333 g/mol. The van der Waals surface area contributed by atoms with Crippen molar-refractivity contribution in [3.05, 3.63) is 26.6 Å². The quantitative estimate of drug-likeness (QED) is 0.662. The van der Waals surface area contributed by atoms with E-state index in [4.69, 9.17) is 0 Å². The van der Waals surface area contributed by atoms with Crippen LogP contribution in [-0.4, -0.2) is 0 Å². The molecule has 72 valence electrons. The van der Waals surface area contributed by atoms with Crippen LogP contribution >= 0.6 is 44.5 Å². The third kappa shape index (κ3) is 2.41. The van der Waals surface area contributed by atoms with Gasteiger partial charge in [-0.25, -0.2) is 0 Å². The molecule has 0 spiro atoms. The van der Waals surface area contributed by atoms with E-state index in [1.165, 1.54) is 12.1 Å². The Hall–Kier alpha value is 0.320. The fraction of sp³-hybridized carbons (Fsp3) is 0.143. The van der Waals surface area contributed by atoms with Crippen LogP contribution in [0, 0.1) is 0 Å². The van der Waals surface area contributed by atoms with Crippen molar-refractivity contribution in [2.45, 2.75) is 11.1 Å². The average Bonchev–Trinajstić information content (AvgIpc) is 1.95. The van der Waals surface area contributed by atoms with Gasteiger partial charge in [0, 0.05) is 13.8 Å². The lowest BCUT2D eigenvalue weighted by atomic mass is 10.2. The average molecular weight is 336 g/mol. The minimum atomic E-state index is -4.39. The summed E-state index contributed by atoms with van der Waals surface area (Å²) in [5.74, 6) is 0. The molecule has 1 aromatic carbocycles. The number of thiol groups is 1. The SMILES string of the molecule is FC(F)(F)c1c(Br)ccc(Br)c1S.